The van der Waals surface area contributed by atoms with E-state index in [1.54, 1.807) is 36.4 Å². The molecule has 2 amide bonds. The number of imidazole rings is 1. The van der Waals surface area contributed by atoms with Crippen molar-refractivity contribution >= 4 is 40.1 Å². The molecular formula is C31H34ClN7O5. The molecule has 44 heavy (non-hydrogen) atoms. The van der Waals surface area contributed by atoms with E-state index in [0.29, 0.717) is 58.0 Å². The molecule has 2 aliphatic heterocycles. The van der Waals surface area contributed by atoms with Crippen LogP contribution in [0.15, 0.2) is 47.4 Å². The van der Waals surface area contributed by atoms with E-state index >= 15 is 0 Å². The van der Waals surface area contributed by atoms with Crippen LogP contribution in [-0.4, -0.2) is 93.1 Å². The van der Waals surface area contributed by atoms with E-state index in [9.17, 15) is 19.5 Å². The van der Waals surface area contributed by atoms with Gasteiger partial charge in [-0.1, -0.05) is 17.7 Å². The maximum absolute atomic E-state index is 13.4. The number of nitrogens with one attached hydrogen (secondary N) is 3. The molecule has 0 aliphatic carbocycles. The predicted molar refractivity (Wildman–Crippen MR) is 167 cm³/mol. The quantitative estimate of drug-likeness (QED) is 0.168. The molecule has 2 aromatic carbocycles. The average molecular weight is 620 g/mol. The van der Waals surface area contributed by atoms with Crippen LogP contribution in [-0.2, 0) is 0 Å². The number of carbonyl (C=O) groups is 2. The SMILES string of the molecule is Cc1c(Cl)cccc1OC[C@H](O)CNc1cc[nH]c(=O)c1-c1nc2cc3c(cc2[nH]1)C(=O)N(C1CCN(CCN)CC1)C3=O. The smallest absolute Gasteiger partial charge is 0.261 e. The number of amides is 2. The fourth-order valence-electron chi connectivity index (χ4n) is 5.87. The molecule has 1 saturated heterocycles. The van der Waals surface area contributed by atoms with Crippen molar-refractivity contribution in [3.63, 3.8) is 0 Å². The summed E-state index contributed by atoms with van der Waals surface area (Å²) in [6.45, 7) is 4.88. The highest BCUT2D eigenvalue weighted by Crippen LogP contribution is 2.33. The molecule has 12 nitrogen and oxygen atoms in total. The fraction of sp³-hybridized carbons (Fsp3) is 0.355. The summed E-state index contributed by atoms with van der Waals surface area (Å²) in [5.41, 5.74) is 8.34. The largest absolute Gasteiger partial charge is 0.490 e. The number of benzene rings is 2. The number of piperidine rings is 1. The molecular weight excluding hydrogens is 586 g/mol. The lowest BCUT2D eigenvalue weighted by Crippen LogP contribution is -2.48. The van der Waals surface area contributed by atoms with Gasteiger partial charge in [0, 0.05) is 55.5 Å². The van der Waals surface area contributed by atoms with E-state index in [1.165, 1.54) is 11.1 Å². The number of H-pyrrole nitrogens is 2. The van der Waals surface area contributed by atoms with Crippen molar-refractivity contribution in [1.29, 1.82) is 0 Å². The van der Waals surface area contributed by atoms with Crippen LogP contribution in [0.25, 0.3) is 22.4 Å². The molecule has 2 aromatic heterocycles. The number of imide groups is 1. The van der Waals surface area contributed by atoms with Gasteiger partial charge in [0.2, 0.25) is 0 Å². The van der Waals surface area contributed by atoms with Gasteiger partial charge in [-0.05, 0) is 50.1 Å². The second-order valence-corrected chi connectivity index (χ2v) is 11.6. The Bertz CT molecular complexity index is 1730. The van der Waals surface area contributed by atoms with Gasteiger partial charge in [0.15, 0.2) is 0 Å². The average Bonchev–Trinajstić information content (AvgIpc) is 3.53. The molecule has 230 valence electrons. The van der Waals surface area contributed by atoms with Gasteiger partial charge >= 0.3 is 0 Å². The number of aromatic amines is 2. The van der Waals surface area contributed by atoms with Crippen LogP contribution in [0.4, 0.5) is 5.69 Å². The van der Waals surface area contributed by atoms with Crippen LogP contribution in [0, 0.1) is 6.92 Å². The van der Waals surface area contributed by atoms with E-state index in [-0.39, 0.29) is 42.4 Å². The van der Waals surface area contributed by atoms with E-state index in [2.05, 4.69) is 25.2 Å². The molecule has 13 heteroatoms. The molecule has 4 heterocycles. The van der Waals surface area contributed by atoms with Crippen LogP contribution in [0.5, 0.6) is 5.75 Å². The predicted octanol–water partition coefficient (Wildman–Crippen LogP) is 2.75. The molecule has 6 rings (SSSR count). The van der Waals surface area contributed by atoms with Gasteiger partial charge in [0.1, 0.15) is 29.8 Å². The Hall–Kier alpha value is -4.23. The van der Waals surface area contributed by atoms with Gasteiger partial charge in [-0.2, -0.15) is 0 Å². The zero-order valence-electron chi connectivity index (χ0n) is 24.2. The molecule has 4 aromatic rings. The number of hydrogen-bond acceptors (Lipinski definition) is 9. The topological polar surface area (TPSA) is 170 Å². The lowest BCUT2D eigenvalue weighted by Gasteiger charge is -2.35. The van der Waals surface area contributed by atoms with Crippen molar-refractivity contribution in [2.45, 2.75) is 31.9 Å². The standard InChI is InChI=1S/C31H34ClN7O5/c1-17-22(32)3-2-4-26(17)44-16-19(40)15-35-23-5-9-34-29(41)27(23)28-36-24-13-20-21(14-25(24)37-28)31(43)39(30(20)42)18-6-10-38(11-7-18)12-8-33/h2-5,9,13-14,18-19,40H,6-8,10-12,15-16,33H2,1H3,(H,36,37)(H2,34,35,41)/t19-/m1/s1. The Morgan fingerprint density at radius 3 is 2.66 bits per heavy atom. The molecule has 1 atom stereocenters. The maximum Gasteiger partial charge on any atom is 0.261 e. The Morgan fingerprint density at radius 2 is 1.91 bits per heavy atom. The molecule has 0 bridgehead atoms. The number of aromatic nitrogens is 3. The molecule has 2 aliphatic rings. The molecule has 0 saturated carbocycles. The number of likely N-dealkylation sites (tertiary alicyclic amines) is 1. The zero-order chi connectivity index (χ0) is 31.0. The number of hydrogen-bond donors (Lipinski definition) is 5. The first-order valence-corrected chi connectivity index (χ1v) is 15.0. The number of nitrogens with zero attached hydrogens (tertiary/aromatic N) is 3. The molecule has 0 radical (unpaired) electrons. The number of rotatable bonds is 10. The monoisotopic (exact) mass is 619 g/mol. The van der Waals surface area contributed by atoms with Gasteiger partial charge in [0.05, 0.1) is 27.8 Å². The van der Waals surface area contributed by atoms with Crippen LogP contribution >= 0.6 is 11.6 Å². The number of ether oxygens (including phenoxy) is 1. The Labute approximate surface area is 258 Å². The number of anilines is 1. The summed E-state index contributed by atoms with van der Waals surface area (Å²) in [7, 11) is 0. The lowest BCUT2D eigenvalue weighted by molar-refractivity contribution is 0.0504. The highest BCUT2D eigenvalue weighted by Gasteiger charge is 2.41. The second-order valence-electron chi connectivity index (χ2n) is 11.1. The number of nitrogens with two attached hydrogens (primary N) is 1. The third-order valence-electron chi connectivity index (χ3n) is 8.26. The van der Waals surface area contributed by atoms with E-state index < -0.39 is 11.7 Å². The van der Waals surface area contributed by atoms with Gasteiger partial charge in [-0.25, -0.2) is 4.98 Å². The van der Waals surface area contributed by atoms with Gasteiger partial charge in [0.25, 0.3) is 17.4 Å². The number of aliphatic hydroxyl groups excluding tert-OH is 1. The van der Waals surface area contributed by atoms with Gasteiger partial charge in [-0.15, -0.1) is 0 Å². The number of halogens is 1. The van der Waals surface area contributed by atoms with Gasteiger partial charge in [-0.3, -0.25) is 19.3 Å². The molecule has 0 spiro atoms. The minimum Gasteiger partial charge on any atom is -0.490 e. The van der Waals surface area contributed by atoms with Crippen molar-refractivity contribution < 1.29 is 19.4 Å². The van der Waals surface area contributed by atoms with E-state index in [0.717, 1.165) is 25.2 Å². The number of pyridine rings is 1. The van der Waals surface area contributed by atoms with E-state index in [4.69, 9.17) is 22.1 Å². The van der Waals surface area contributed by atoms with Crippen molar-refractivity contribution in [3.8, 4) is 17.1 Å². The van der Waals surface area contributed by atoms with Crippen LogP contribution in [0.1, 0.15) is 39.1 Å². The van der Waals surface area contributed by atoms with Crippen molar-refractivity contribution in [2.75, 3.05) is 44.6 Å². The first-order valence-electron chi connectivity index (χ1n) is 14.6. The third-order valence-corrected chi connectivity index (χ3v) is 8.67. The summed E-state index contributed by atoms with van der Waals surface area (Å²) in [6.07, 6.45) is 2.02. The third kappa shape index (κ3) is 5.69. The zero-order valence-corrected chi connectivity index (χ0v) is 25.0. The minimum absolute atomic E-state index is 0.00872. The Balaban J connectivity index is 1.18. The van der Waals surface area contributed by atoms with Crippen molar-refractivity contribution in [2.24, 2.45) is 5.73 Å². The summed E-state index contributed by atoms with van der Waals surface area (Å²) in [5.74, 6) is 0.204. The maximum atomic E-state index is 13.4. The Morgan fingerprint density at radius 1 is 1.16 bits per heavy atom. The highest BCUT2D eigenvalue weighted by molar-refractivity contribution is 6.31. The van der Waals surface area contributed by atoms with Crippen LogP contribution in [0.2, 0.25) is 5.02 Å². The summed E-state index contributed by atoms with van der Waals surface area (Å²) >= 11 is 6.15. The molecule has 6 N–H and O–H groups in total. The Kier molecular flexibility index (Phi) is 8.41. The summed E-state index contributed by atoms with van der Waals surface area (Å²) < 4.78 is 5.74. The van der Waals surface area contributed by atoms with Crippen molar-refractivity contribution in [1.82, 2.24) is 24.8 Å². The van der Waals surface area contributed by atoms with Crippen LogP contribution in [0.3, 0.4) is 0 Å². The first kappa shape index (κ1) is 29.8. The minimum atomic E-state index is -0.896. The fourth-order valence-corrected chi connectivity index (χ4v) is 6.04. The first-order chi connectivity index (χ1) is 21.2. The number of aliphatic hydroxyl groups is 1. The number of fused-ring (bicyclic) bond motifs is 2. The van der Waals surface area contributed by atoms with Gasteiger partial charge < -0.3 is 35.8 Å². The second kappa shape index (κ2) is 12.4. The molecule has 0 unspecified atom stereocenters. The van der Waals surface area contributed by atoms with Crippen LogP contribution < -0.4 is 21.3 Å². The summed E-state index contributed by atoms with van der Waals surface area (Å²) in [4.78, 5) is 53.8. The highest BCUT2D eigenvalue weighted by atomic mass is 35.5. The normalized spacial score (nSPS) is 16.5. The summed E-state index contributed by atoms with van der Waals surface area (Å²) in [6, 6.07) is 10.1. The summed E-state index contributed by atoms with van der Waals surface area (Å²) in [5, 5.41) is 14.3. The van der Waals surface area contributed by atoms with Crippen molar-refractivity contribution in [3.05, 3.63) is 74.7 Å². The van der Waals surface area contributed by atoms with E-state index in [1.807, 2.05) is 6.92 Å². The molecule has 1 fully saturated rings. The number of carbonyl (C=O) groups excluding carboxylic acids is 2. The lowest BCUT2D eigenvalue weighted by atomic mass is 10.0.